The van der Waals surface area contributed by atoms with Crippen LogP contribution in [0, 0.1) is 0 Å². The molecule has 4 rings (SSSR count). The predicted octanol–water partition coefficient (Wildman–Crippen LogP) is 5.14. The molecule has 27 heavy (non-hydrogen) atoms. The number of hydrogen-bond donors (Lipinski definition) is 3. The molecular weight excluding hydrogens is 401 g/mol. The van der Waals surface area contributed by atoms with Crippen molar-refractivity contribution in [1.82, 2.24) is 15.1 Å². The Morgan fingerprint density at radius 1 is 1.22 bits per heavy atom. The number of H-pyrrole nitrogens is 1. The first-order valence-corrected chi connectivity index (χ1v) is 9.96. The first-order chi connectivity index (χ1) is 13.1. The quantitative estimate of drug-likeness (QED) is 0.512. The Hall–Kier alpha value is -2.02. The van der Waals surface area contributed by atoms with Crippen molar-refractivity contribution < 1.29 is 0 Å². The lowest BCUT2D eigenvalue weighted by molar-refractivity contribution is 0.325. The number of benzene rings is 2. The molecule has 3 N–H and O–H groups in total. The van der Waals surface area contributed by atoms with Crippen LogP contribution in [0.5, 0.6) is 0 Å². The van der Waals surface area contributed by atoms with E-state index in [1.807, 2.05) is 18.3 Å². The van der Waals surface area contributed by atoms with E-state index in [9.17, 15) is 0 Å². The largest absolute Gasteiger partial charge is 0.381 e. The topological polar surface area (TPSA) is 56.0 Å². The maximum absolute atomic E-state index is 6.24. The number of anilines is 2. The van der Waals surface area contributed by atoms with E-state index < -0.39 is 0 Å². The monoisotopic (exact) mass is 419 g/mol. The zero-order valence-corrected chi connectivity index (χ0v) is 16.8. The Bertz CT molecular complexity index is 953. The predicted molar refractivity (Wildman–Crippen MR) is 117 cm³/mol. The van der Waals surface area contributed by atoms with Crippen LogP contribution in [0.3, 0.4) is 0 Å². The molecule has 5 nitrogen and oxygen atoms in total. The van der Waals surface area contributed by atoms with Gasteiger partial charge in [-0.1, -0.05) is 29.3 Å². The fourth-order valence-corrected chi connectivity index (χ4v) is 4.11. The smallest absolute Gasteiger partial charge is 0.173 e. The minimum atomic E-state index is 0.310. The second kappa shape index (κ2) is 7.92. The number of halogens is 2. The summed E-state index contributed by atoms with van der Waals surface area (Å²) in [6.45, 7) is 1.73. The molecule has 1 aliphatic heterocycles. The molecule has 1 atom stereocenters. The third kappa shape index (κ3) is 4.13. The van der Waals surface area contributed by atoms with Crippen LogP contribution in [0.1, 0.15) is 12.8 Å². The fourth-order valence-electron chi connectivity index (χ4n) is 3.35. The van der Waals surface area contributed by atoms with Gasteiger partial charge in [0, 0.05) is 30.2 Å². The van der Waals surface area contributed by atoms with Crippen LogP contribution in [0.4, 0.5) is 11.4 Å². The number of thiocarbonyl (C=S) groups is 1. The van der Waals surface area contributed by atoms with Crippen LogP contribution in [-0.2, 0) is 0 Å². The summed E-state index contributed by atoms with van der Waals surface area (Å²) < 4.78 is 0. The number of fused-ring (bicyclic) bond motifs is 1. The van der Waals surface area contributed by atoms with Crippen LogP contribution in [0.2, 0.25) is 10.0 Å². The Balaban J connectivity index is 1.42. The van der Waals surface area contributed by atoms with Gasteiger partial charge in [-0.05, 0) is 55.4 Å². The molecule has 8 heteroatoms. The van der Waals surface area contributed by atoms with Crippen LogP contribution >= 0.6 is 35.4 Å². The molecule has 0 aliphatic carbocycles. The summed E-state index contributed by atoms with van der Waals surface area (Å²) in [6, 6.07) is 11.9. The van der Waals surface area contributed by atoms with Crippen LogP contribution < -0.4 is 10.6 Å². The number of piperidine rings is 1. The molecule has 1 fully saturated rings. The summed E-state index contributed by atoms with van der Waals surface area (Å²) in [5.74, 6) is 0. The van der Waals surface area contributed by atoms with Gasteiger partial charge in [-0.25, -0.2) is 0 Å². The first kappa shape index (κ1) is 18.3. The van der Waals surface area contributed by atoms with E-state index in [1.165, 1.54) is 0 Å². The molecule has 1 saturated heterocycles. The van der Waals surface area contributed by atoms with E-state index in [1.54, 1.807) is 12.1 Å². The molecule has 1 unspecified atom stereocenters. The Kier molecular flexibility index (Phi) is 5.38. The van der Waals surface area contributed by atoms with Crippen molar-refractivity contribution in [2.24, 2.45) is 0 Å². The van der Waals surface area contributed by atoms with E-state index >= 15 is 0 Å². The molecule has 0 bridgehead atoms. The van der Waals surface area contributed by atoms with Gasteiger partial charge in [0.25, 0.3) is 0 Å². The summed E-state index contributed by atoms with van der Waals surface area (Å²) in [4.78, 5) is 2.16. The number of hydrogen-bond acceptors (Lipinski definition) is 3. The molecule has 2 heterocycles. The second-order valence-corrected chi connectivity index (χ2v) is 7.83. The highest BCUT2D eigenvalue weighted by atomic mass is 35.5. The average Bonchev–Trinajstić information content (AvgIpc) is 3.13. The number of aromatic amines is 1. The standard InChI is InChI=1S/C19H19Cl2N5S/c20-15-4-1-5-16(21)18(15)24-19(27)26-8-2-3-14(11-26)23-13-6-7-17-12(9-13)10-22-25-17/h1,4-7,9-10,14,23H,2-3,8,11H2,(H,22,25)(H,24,27). The maximum atomic E-state index is 6.24. The molecular formula is C19H19Cl2N5S. The number of rotatable bonds is 3. The van der Waals surface area contributed by atoms with E-state index in [-0.39, 0.29) is 0 Å². The van der Waals surface area contributed by atoms with Gasteiger partial charge in [-0.15, -0.1) is 0 Å². The fraction of sp³-hybridized carbons (Fsp3) is 0.263. The van der Waals surface area contributed by atoms with Crippen molar-refractivity contribution in [2.75, 3.05) is 23.7 Å². The lowest BCUT2D eigenvalue weighted by Crippen LogP contribution is -2.46. The number of aromatic nitrogens is 2. The van der Waals surface area contributed by atoms with Crippen LogP contribution in [0.15, 0.2) is 42.6 Å². The minimum absolute atomic E-state index is 0.310. The van der Waals surface area contributed by atoms with Crippen molar-refractivity contribution in [3.05, 3.63) is 52.6 Å². The number of nitrogens with zero attached hydrogens (tertiary/aromatic N) is 2. The third-order valence-corrected chi connectivity index (χ3v) is 5.70. The van der Waals surface area contributed by atoms with E-state index in [0.717, 1.165) is 42.5 Å². The highest BCUT2D eigenvalue weighted by Gasteiger charge is 2.22. The highest BCUT2D eigenvalue weighted by Crippen LogP contribution is 2.30. The van der Waals surface area contributed by atoms with Gasteiger partial charge in [-0.2, -0.15) is 5.10 Å². The lowest BCUT2D eigenvalue weighted by atomic mass is 10.1. The van der Waals surface area contributed by atoms with Crippen molar-refractivity contribution in [3.63, 3.8) is 0 Å². The lowest BCUT2D eigenvalue weighted by Gasteiger charge is -2.35. The Labute approximate surface area is 173 Å². The maximum Gasteiger partial charge on any atom is 0.173 e. The van der Waals surface area contributed by atoms with E-state index in [4.69, 9.17) is 35.4 Å². The van der Waals surface area contributed by atoms with Crippen molar-refractivity contribution in [1.29, 1.82) is 0 Å². The van der Waals surface area contributed by atoms with E-state index in [2.05, 4.69) is 37.9 Å². The second-order valence-electron chi connectivity index (χ2n) is 6.63. The summed E-state index contributed by atoms with van der Waals surface area (Å²) >= 11 is 18.1. The van der Waals surface area contributed by atoms with Crippen LogP contribution in [-0.4, -0.2) is 39.3 Å². The molecule has 1 aliphatic rings. The van der Waals surface area contributed by atoms with Gasteiger partial charge in [-0.3, -0.25) is 5.10 Å². The zero-order chi connectivity index (χ0) is 18.8. The van der Waals surface area contributed by atoms with Gasteiger partial charge in [0.1, 0.15) is 0 Å². The van der Waals surface area contributed by atoms with Gasteiger partial charge in [0.05, 0.1) is 27.4 Å². The molecule has 0 radical (unpaired) electrons. The van der Waals surface area contributed by atoms with Crippen molar-refractivity contribution in [3.8, 4) is 0 Å². The third-order valence-electron chi connectivity index (χ3n) is 4.71. The molecule has 0 saturated carbocycles. The minimum Gasteiger partial charge on any atom is -0.381 e. The Morgan fingerprint density at radius 3 is 2.85 bits per heavy atom. The molecule has 0 amide bonds. The van der Waals surface area contributed by atoms with Gasteiger partial charge >= 0.3 is 0 Å². The molecule has 3 aromatic rings. The summed E-state index contributed by atoms with van der Waals surface area (Å²) in [5.41, 5.74) is 2.78. The van der Waals surface area contributed by atoms with E-state index in [0.29, 0.717) is 26.9 Å². The number of nitrogens with one attached hydrogen (secondary N) is 3. The molecule has 1 aromatic heterocycles. The van der Waals surface area contributed by atoms with Gasteiger partial charge in [0.15, 0.2) is 5.11 Å². The van der Waals surface area contributed by atoms with Gasteiger partial charge in [0.2, 0.25) is 0 Å². The SMILES string of the molecule is S=C(Nc1c(Cl)cccc1Cl)N1CCCC(Nc2ccc3[nH]ncc3c2)C1. The van der Waals surface area contributed by atoms with Crippen molar-refractivity contribution in [2.45, 2.75) is 18.9 Å². The number of para-hydroxylation sites is 1. The molecule has 2 aromatic carbocycles. The van der Waals surface area contributed by atoms with Crippen LogP contribution in [0.25, 0.3) is 10.9 Å². The van der Waals surface area contributed by atoms with Crippen molar-refractivity contribution >= 4 is 62.8 Å². The molecule has 0 spiro atoms. The zero-order valence-electron chi connectivity index (χ0n) is 14.5. The Morgan fingerprint density at radius 2 is 2.04 bits per heavy atom. The van der Waals surface area contributed by atoms with Gasteiger partial charge < -0.3 is 15.5 Å². The summed E-state index contributed by atoms with van der Waals surface area (Å²) in [6.07, 6.45) is 3.99. The normalized spacial score (nSPS) is 17.1. The summed E-state index contributed by atoms with van der Waals surface area (Å²) in [7, 11) is 0. The molecule has 140 valence electrons. The number of likely N-dealkylation sites (tertiary alicyclic amines) is 1. The first-order valence-electron chi connectivity index (χ1n) is 8.80. The highest BCUT2D eigenvalue weighted by molar-refractivity contribution is 7.80. The summed E-state index contributed by atoms with van der Waals surface area (Å²) in [5, 5.41) is 16.7. The average molecular weight is 420 g/mol.